The highest BCUT2D eigenvalue weighted by atomic mass is 32.1. The molecule has 2 nitrogen and oxygen atoms in total. The first-order chi connectivity index (χ1) is 8.18. The van der Waals surface area contributed by atoms with Crippen molar-refractivity contribution in [2.75, 3.05) is 13.7 Å². The SMILES string of the molecule is COCC(O)(c1ccccc1)c1ccsc1C. The average Bonchev–Trinajstić information content (AvgIpc) is 2.77. The van der Waals surface area contributed by atoms with Crippen molar-refractivity contribution in [2.24, 2.45) is 0 Å². The van der Waals surface area contributed by atoms with Gasteiger partial charge in [0.1, 0.15) is 5.60 Å². The van der Waals surface area contributed by atoms with Crippen molar-refractivity contribution in [3.8, 4) is 0 Å². The lowest BCUT2D eigenvalue weighted by atomic mass is 9.87. The zero-order valence-electron chi connectivity index (χ0n) is 10.0. The highest BCUT2D eigenvalue weighted by Crippen LogP contribution is 2.34. The topological polar surface area (TPSA) is 29.5 Å². The van der Waals surface area contributed by atoms with E-state index in [2.05, 4.69) is 0 Å². The van der Waals surface area contributed by atoms with Crippen molar-refractivity contribution in [1.29, 1.82) is 0 Å². The van der Waals surface area contributed by atoms with Crippen LogP contribution in [0.3, 0.4) is 0 Å². The minimum absolute atomic E-state index is 0.259. The van der Waals surface area contributed by atoms with Gasteiger partial charge in [-0.1, -0.05) is 30.3 Å². The molecule has 0 saturated carbocycles. The van der Waals surface area contributed by atoms with Gasteiger partial charge >= 0.3 is 0 Å². The van der Waals surface area contributed by atoms with Gasteiger partial charge in [0, 0.05) is 17.6 Å². The number of benzene rings is 1. The lowest BCUT2D eigenvalue weighted by Crippen LogP contribution is -2.32. The molecule has 0 radical (unpaired) electrons. The van der Waals surface area contributed by atoms with Crippen LogP contribution in [0.15, 0.2) is 41.8 Å². The molecule has 0 spiro atoms. The Morgan fingerprint density at radius 1 is 1.24 bits per heavy atom. The Labute approximate surface area is 105 Å². The fraction of sp³-hybridized carbons (Fsp3) is 0.286. The van der Waals surface area contributed by atoms with Gasteiger partial charge in [-0.25, -0.2) is 0 Å². The third-order valence-corrected chi connectivity index (χ3v) is 3.75. The molecule has 3 heteroatoms. The van der Waals surface area contributed by atoms with E-state index in [0.29, 0.717) is 0 Å². The van der Waals surface area contributed by atoms with Gasteiger partial charge in [-0.15, -0.1) is 11.3 Å². The second-order valence-corrected chi connectivity index (χ2v) is 5.17. The summed E-state index contributed by atoms with van der Waals surface area (Å²) in [5, 5.41) is 12.9. The Bertz CT molecular complexity index is 478. The summed E-state index contributed by atoms with van der Waals surface area (Å²) in [5.41, 5.74) is 0.735. The molecule has 0 amide bonds. The molecule has 1 aromatic heterocycles. The van der Waals surface area contributed by atoms with E-state index in [1.54, 1.807) is 18.4 Å². The molecule has 0 bridgehead atoms. The van der Waals surface area contributed by atoms with E-state index >= 15 is 0 Å². The predicted octanol–water partition coefficient (Wildman–Crippen LogP) is 2.94. The molecule has 1 unspecified atom stereocenters. The van der Waals surface area contributed by atoms with Crippen LogP contribution in [0.25, 0.3) is 0 Å². The Hall–Kier alpha value is -1.16. The highest BCUT2D eigenvalue weighted by Gasteiger charge is 2.33. The van der Waals surface area contributed by atoms with E-state index in [-0.39, 0.29) is 6.61 Å². The number of aryl methyl sites for hydroxylation is 1. The molecule has 0 fully saturated rings. The molecule has 2 rings (SSSR count). The van der Waals surface area contributed by atoms with E-state index in [9.17, 15) is 5.11 Å². The first-order valence-electron chi connectivity index (χ1n) is 5.50. The van der Waals surface area contributed by atoms with Gasteiger partial charge in [0.05, 0.1) is 6.61 Å². The molecule has 1 N–H and O–H groups in total. The minimum atomic E-state index is -1.06. The maximum absolute atomic E-state index is 10.9. The summed E-state index contributed by atoms with van der Waals surface area (Å²) in [7, 11) is 1.61. The number of ether oxygens (including phenoxy) is 1. The fourth-order valence-corrected chi connectivity index (χ4v) is 2.83. The summed E-state index contributed by atoms with van der Waals surface area (Å²) >= 11 is 1.64. The monoisotopic (exact) mass is 248 g/mol. The molecule has 0 aliphatic heterocycles. The number of hydrogen-bond donors (Lipinski definition) is 1. The minimum Gasteiger partial charge on any atom is -0.381 e. The van der Waals surface area contributed by atoms with Crippen LogP contribution in [0.4, 0.5) is 0 Å². The summed E-state index contributed by atoms with van der Waals surface area (Å²) in [5.74, 6) is 0. The van der Waals surface area contributed by atoms with E-state index in [1.165, 1.54) is 0 Å². The van der Waals surface area contributed by atoms with Crippen LogP contribution in [0.2, 0.25) is 0 Å². The number of rotatable bonds is 4. The van der Waals surface area contributed by atoms with E-state index in [0.717, 1.165) is 16.0 Å². The van der Waals surface area contributed by atoms with Crippen molar-refractivity contribution < 1.29 is 9.84 Å². The summed E-state index contributed by atoms with van der Waals surface area (Å²) in [6.07, 6.45) is 0. The Morgan fingerprint density at radius 2 is 1.94 bits per heavy atom. The van der Waals surface area contributed by atoms with Crippen LogP contribution in [0.1, 0.15) is 16.0 Å². The van der Waals surface area contributed by atoms with Gasteiger partial charge in [-0.3, -0.25) is 0 Å². The van der Waals surface area contributed by atoms with Crippen molar-refractivity contribution >= 4 is 11.3 Å². The van der Waals surface area contributed by atoms with Crippen LogP contribution >= 0.6 is 11.3 Å². The molecule has 0 aliphatic rings. The molecule has 2 aromatic rings. The first kappa shape index (κ1) is 12.3. The normalized spacial score (nSPS) is 14.5. The van der Waals surface area contributed by atoms with Crippen molar-refractivity contribution in [3.05, 3.63) is 57.8 Å². The Balaban J connectivity index is 2.50. The molecule has 1 atom stereocenters. The van der Waals surface area contributed by atoms with Gasteiger partial charge in [0.25, 0.3) is 0 Å². The van der Waals surface area contributed by atoms with Crippen molar-refractivity contribution in [3.63, 3.8) is 0 Å². The Kier molecular flexibility index (Phi) is 3.62. The Morgan fingerprint density at radius 3 is 2.47 bits per heavy atom. The molecule has 90 valence electrons. The van der Waals surface area contributed by atoms with E-state index < -0.39 is 5.60 Å². The number of methoxy groups -OCH3 is 1. The molecule has 1 heterocycles. The van der Waals surface area contributed by atoms with Gasteiger partial charge < -0.3 is 9.84 Å². The van der Waals surface area contributed by atoms with Gasteiger partial charge in [-0.2, -0.15) is 0 Å². The summed E-state index contributed by atoms with van der Waals surface area (Å²) in [6.45, 7) is 2.28. The van der Waals surface area contributed by atoms with Gasteiger partial charge in [-0.05, 0) is 23.9 Å². The maximum Gasteiger partial charge on any atom is 0.139 e. The molecule has 0 aliphatic carbocycles. The van der Waals surface area contributed by atoms with E-state index in [1.807, 2.05) is 48.7 Å². The largest absolute Gasteiger partial charge is 0.381 e. The maximum atomic E-state index is 10.9. The number of thiophene rings is 1. The standard InChI is InChI=1S/C14H16O2S/c1-11-13(8-9-17-11)14(15,10-16-2)12-6-4-3-5-7-12/h3-9,15H,10H2,1-2H3. The van der Waals surface area contributed by atoms with Crippen LogP contribution in [0.5, 0.6) is 0 Å². The lowest BCUT2D eigenvalue weighted by Gasteiger charge is -2.28. The van der Waals surface area contributed by atoms with Crippen molar-refractivity contribution in [1.82, 2.24) is 0 Å². The lowest BCUT2D eigenvalue weighted by molar-refractivity contribution is -0.00336. The zero-order valence-corrected chi connectivity index (χ0v) is 10.8. The number of aliphatic hydroxyl groups is 1. The van der Waals surface area contributed by atoms with Crippen LogP contribution in [0, 0.1) is 6.92 Å². The van der Waals surface area contributed by atoms with Gasteiger partial charge in [0.2, 0.25) is 0 Å². The molecule has 0 saturated heterocycles. The quantitative estimate of drug-likeness (QED) is 0.901. The second-order valence-electron chi connectivity index (χ2n) is 4.05. The average molecular weight is 248 g/mol. The first-order valence-corrected chi connectivity index (χ1v) is 6.38. The van der Waals surface area contributed by atoms with Crippen LogP contribution in [-0.4, -0.2) is 18.8 Å². The van der Waals surface area contributed by atoms with E-state index in [4.69, 9.17) is 4.74 Å². The van der Waals surface area contributed by atoms with Crippen molar-refractivity contribution in [2.45, 2.75) is 12.5 Å². The summed E-state index contributed by atoms with van der Waals surface area (Å²) < 4.78 is 5.19. The third-order valence-electron chi connectivity index (χ3n) is 2.91. The predicted molar refractivity (Wildman–Crippen MR) is 70.4 cm³/mol. The second kappa shape index (κ2) is 5.00. The molecule has 17 heavy (non-hydrogen) atoms. The zero-order chi connectivity index (χ0) is 12.3. The number of hydrogen-bond acceptors (Lipinski definition) is 3. The third kappa shape index (κ3) is 2.27. The van der Waals surface area contributed by atoms with Crippen LogP contribution in [-0.2, 0) is 10.3 Å². The summed E-state index contributed by atoms with van der Waals surface area (Å²) in [4.78, 5) is 1.12. The van der Waals surface area contributed by atoms with Gasteiger partial charge in [0.15, 0.2) is 0 Å². The molecular formula is C14H16O2S. The molecular weight excluding hydrogens is 232 g/mol. The summed E-state index contributed by atoms with van der Waals surface area (Å²) in [6, 6.07) is 11.6. The fourth-order valence-electron chi connectivity index (χ4n) is 2.05. The highest BCUT2D eigenvalue weighted by molar-refractivity contribution is 7.10. The smallest absolute Gasteiger partial charge is 0.139 e. The molecule has 1 aromatic carbocycles. The van der Waals surface area contributed by atoms with Crippen LogP contribution < -0.4 is 0 Å².